The van der Waals surface area contributed by atoms with Crippen LogP contribution in [-0.2, 0) is 6.54 Å². The largest absolute Gasteiger partial charge is 0.357 e. The van der Waals surface area contributed by atoms with Crippen molar-refractivity contribution in [3.05, 3.63) is 18.0 Å². The van der Waals surface area contributed by atoms with Crippen LogP contribution < -0.4 is 5.32 Å². The number of hydrogen-bond donors (Lipinski definition) is 1. The van der Waals surface area contributed by atoms with Crippen LogP contribution in [0.4, 0.5) is 0 Å². The second-order valence-electron chi connectivity index (χ2n) is 4.79. The number of rotatable bonds is 7. The lowest BCUT2D eigenvalue weighted by Gasteiger charge is -2.21. The van der Waals surface area contributed by atoms with Crippen LogP contribution in [0.15, 0.2) is 17.4 Å². The molecule has 0 bridgehead atoms. The second kappa shape index (κ2) is 10.9. The SMILES string of the molecule is CCCCN(C)C(=NCCn1cc(C)cn1)NCC.I. The van der Waals surface area contributed by atoms with Gasteiger partial charge in [0.2, 0.25) is 0 Å². The molecule has 6 heteroatoms. The predicted molar refractivity (Wildman–Crippen MR) is 95.9 cm³/mol. The van der Waals surface area contributed by atoms with Crippen molar-refractivity contribution >= 4 is 29.9 Å². The number of aromatic nitrogens is 2. The normalized spacial score (nSPS) is 11.1. The van der Waals surface area contributed by atoms with E-state index in [1.54, 1.807) is 0 Å². The van der Waals surface area contributed by atoms with Crippen molar-refractivity contribution in [2.45, 2.75) is 40.2 Å². The first-order chi connectivity index (χ1) is 9.17. The summed E-state index contributed by atoms with van der Waals surface area (Å²) in [7, 11) is 2.09. The van der Waals surface area contributed by atoms with Crippen molar-refractivity contribution in [1.29, 1.82) is 0 Å². The van der Waals surface area contributed by atoms with Crippen molar-refractivity contribution in [3.8, 4) is 0 Å². The summed E-state index contributed by atoms with van der Waals surface area (Å²) in [6.07, 6.45) is 6.32. The molecule has 1 aromatic rings. The van der Waals surface area contributed by atoms with Crippen LogP contribution in [0.5, 0.6) is 0 Å². The fourth-order valence-corrected chi connectivity index (χ4v) is 1.82. The van der Waals surface area contributed by atoms with Crippen LogP contribution in [0.1, 0.15) is 32.3 Å². The van der Waals surface area contributed by atoms with Crippen LogP contribution in [0.25, 0.3) is 0 Å². The van der Waals surface area contributed by atoms with Crippen molar-refractivity contribution in [3.63, 3.8) is 0 Å². The molecule has 0 unspecified atom stereocenters. The van der Waals surface area contributed by atoms with Crippen molar-refractivity contribution in [2.24, 2.45) is 4.99 Å². The summed E-state index contributed by atoms with van der Waals surface area (Å²) in [5.74, 6) is 0.986. The molecule has 0 radical (unpaired) electrons. The molecule has 0 spiro atoms. The van der Waals surface area contributed by atoms with Gasteiger partial charge in [-0.3, -0.25) is 9.67 Å². The highest BCUT2D eigenvalue weighted by atomic mass is 127. The van der Waals surface area contributed by atoms with Crippen LogP contribution in [0, 0.1) is 6.92 Å². The Bertz CT molecular complexity index is 389. The van der Waals surface area contributed by atoms with Crippen LogP contribution in [0.2, 0.25) is 0 Å². The van der Waals surface area contributed by atoms with Gasteiger partial charge in [-0.1, -0.05) is 13.3 Å². The first-order valence-corrected chi connectivity index (χ1v) is 7.15. The minimum atomic E-state index is 0. The van der Waals surface area contributed by atoms with Gasteiger partial charge in [0.15, 0.2) is 5.96 Å². The number of aliphatic imine (C=N–C) groups is 1. The van der Waals surface area contributed by atoms with Gasteiger partial charge in [0.25, 0.3) is 0 Å². The number of nitrogens with one attached hydrogen (secondary N) is 1. The molecule has 0 aliphatic rings. The lowest BCUT2D eigenvalue weighted by molar-refractivity contribution is 0.463. The molecule has 0 amide bonds. The first kappa shape index (κ1) is 19.2. The van der Waals surface area contributed by atoms with E-state index >= 15 is 0 Å². The molecule has 5 nitrogen and oxygen atoms in total. The van der Waals surface area contributed by atoms with Crippen LogP contribution in [-0.4, -0.2) is 47.3 Å². The molecule has 116 valence electrons. The predicted octanol–water partition coefficient (Wildman–Crippen LogP) is 2.51. The Morgan fingerprint density at radius 2 is 2.20 bits per heavy atom. The monoisotopic (exact) mass is 393 g/mol. The fraction of sp³-hybridized carbons (Fsp3) is 0.714. The zero-order valence-electron chi connectivity index (χ0n) is 13.1. The second-order valence-corrected chi connectivity index (χ2v) is 4.79. The fourth-order valence-electron chi connectivity index (χ4n) is 1.82. The molecule has 0 saturated carbocycles. The Morgan fingerprint density at radius 3 is 2.75 bits per heavy atom. The van der Waals surface area contributed by atoms with Crippen LogP contribution >= 0.6 is 24.0 Å². The van der Waals surface area contributed by atoms with E-state index in [4.69, 9.17) is 0 Å². The lowest BCUT2D eigenvalue weighted by atomic mass is 10.3. The van der Waals surface area contributed by atoms with Gasteiger partial charge >= 0.3 is 0 Å². The first-order valence-electron chi connectivity index (χ1n) is 7.15. The molecule has 1 aromatic heterocycles. The molecule has 0 atom stereocenters. The van der Waals surface area contributed by atoms with Gasteiger partial charge in [-0.05, 0) is 25.8 Å². The third-order valence-electron chi connectivity index (χ3n) is 2.90. The Balaban J connectivity index is 0.00000361. The van der Waals surface area contributed by atoms with Gasteiger partial charge in [0.1, 0.15) is 0 Å². The lowest BCUT2D eigenvalue weighted by Crippen LogP contribution is -2.39. The molecule has 1 heterocycles. The van der Waals surface area contributed by atoms with Gasteiger partial charge in [-0.2, -0.15) is 5.10 Å². The van der Waals surface area contributed by atoms with E-state index in [-0.39, 0.29) is 24.0 Å². The third-order valence-corrected chi connectivity index (χ3v) is 2.90. The molecule has 1 rings (SSSR count). The van der Waals surface area contributed by atoms with Crippen LogP contribution in [0.3, 0.4) is 0 Å². The Hall–Kier alpha value is -0.790. The quantitative estimate of drug-likeness (QED) is 0.440. The molecule has 0 fully saturated rings. The standard InChI is InChI=1S/C14H27N5.HI/c1-5-7-9-18(4)14(15-6-2)16-8-10-19-12-13(3)11-17-19;/h11-12H,5-10H2,1-4H3,(H,15,16);1H. The van der Waals surface area contributed by atoms with Gasteiger partial charge in [0.05, 0.1) is 19.3 Å². The highest BCUT2D eigenvalue weighted by molar-refractivity contribution is 14.0. The topological polar surface area (TPSA) is 45.5 Å². The van der Waals surface area contributed by atoms with E-state index in [0.29, 0.717) is 0 Å². The maximum absolute atomic E-state index is 4.64. The third kappa shape index (κ3) is 7.12. The highest BCUT2D eigenvalue weighted by Gasteiger charge is 2.04. The highest BCUT2D eigenvalue weighted by Crippen LogP contribution is 1.96. The van der Waals surface area contributed by atoms with E-state index in [1.807, 2.05) is 17.1 Å². The maximum atomic E-state index is 4.64. The molecule has 0 aliphatic heterocycles. The molecule has 20 heavy (non-hydrogen) atoms. The van der Waals surface area contributed by atoms with E-state index in [9.17, 15) is 0 Å². The van der Waals surface area contributed by atoms with Crippen molar-refractivity contribution in [1.82, 2.24) is 20.0 Å². The summed E-state index contributed by atoms with van der Waals surface area (Å²) < 4.78 is 1.94. The summed E-state index contributed by atoms with van der Waals surface area (Å²) in [5, 5.41) is 7.60. The number of halogens is 1. The van der Waals surface area contributed by atoms with E-state index in [2.05, 4.69) is 48.1 Å². The maximum Gasteiger partial charge on any atom is 0.193 e. The molecule has 0 aromatic carbocycles. The number of hydrogen-bond acceptors (Lipinski definition) is 2. The van der Waals surface area contributed by atoms with Gasteiger partial charge in [0, 0.05) is 26.3 Å². The van der Waals surface area contributed by atoms with Crippen molar-refractivity contribution in [2.75, 3.05) is 26.7 Å². The average Bonchev–Trinajstić information content (AvgIpc) is 2.80. The molecular weight excluding hydrogens is 365 g/mol. The Kier molecular flexibility index (Phi) is 10.5. The zero-order chi connectivity index (χ0) is 14.1. The summed E-state index contributed by atoms with van der Waals surface area (Å²) in [5.41, 5.74) is 1.19. The minimum Gasteiger partial charge on any atom is -0.357 e. The smallest absolute Gasteiger partial charge is 0.193 e. The summed E-state index contributed by atoms with van der Waals surface area (Å²) >= 11 is 0. The van der Waals surface area contributed by atoms with Gasteiger partial charge < -0.3 is 10.2 Å². The van der Waals surface area contributed by atoms with E-state index in [1.165, 1.54) is 18.4 Å². The number of aryl methyl sites for hydroxylation is 1. The summed E-state index contributed by atoms with van der Waals surface area (Å²) in [4.78, 5) is 6.84. The van der Waals surface area contributed by atoms with E-state index < -0.39 is 0 Å². The Labute approximate surface area is 139 Å². The molecule has 0 saturated heterocycles. The minimum absolute atomic E-state index is 0. The molecule has 1 N–H and O–H groups in total. The molecule has 0 aliphatic carbocycles. The Morgan fingerprint density at radius 1 is 1.45 bits per heavy atom. The summed E-state index contributed by atoms with van der Waals surface area (Å²) in [6.45, 7) is 9.87. The van der Waals surface area contributed by atoms with Gasteiger partial charge in [-0.15, -0.1) is 24.0 Å². The number of unbranched alkanes of at least 4 members (excludes halogenated alkanes) is 1. The summed E-state index contributed by atoms with van der Waals surface area (Å²) in [6, 6.07) is 0. The van der Waals surface area contributed by atoms with Gasteiger partial charge in [-0.25, -0.2) is 0 Å². The number of nitrogens with zero attached hydrogens (tertiary/aromatic N) is 4. The van der Waals surface area contributed by atoms with Crippen molar-refractivity contribution < 1.29 is 0 Å². The molecular formula is C14H28IN5. The zero-order valence-corrected chi connectivity index (χ0v) is 15.4. The average molecular weight is 393 g/mol. The van der Waals surface area contributed by atoms with E-state index in [0.717, 1.165) is 32.1 Å². The number of guanidine groups is 1.